The van der Waals surface area contributed by atoms with E-state index in [-0.39, 0.29) is 12.1 Å². The Bertz CT molecular complexity index is 353. The van der Waals surface area contributed by atoms with Crippen LogP contribution in [-0.2, 0) is 0 Å². The average Bonchev–Trinajstić information content (AvgIpc) is 2.60. The second-order valence-corrected chi connectivity index (χ2v) is 4.98. The van der Waals surface area contributed by atoms with Crippen LogP contribution in [0.5, 0.6) is 0 Å². The third-order valence-corrected chi connectivity index (χ3v) is 4.06. The molecule has 0 heterocycles. The van der Waals surface area contributed by atoms with E-state index in [4.69, 9.17) is 0 Å². The van der Waals surface area contributed by atoms with Gasteiger partial charge in [-0.15, -0.1) is 0 Å². The number of aliphatic hydroxyl groups is 1. The highest BCUT2D eigenvalue weighted by molar-refractivity contribution is 9.10. The zero-order valence-corrected chi connectivity index (χ0v) is 10.4. The van der Waals surface area contributed by atoms with Crippen molar-refractivity contribution >= 4 is 21.6 Å². The van der Waals surface area contributed by atoms with E-state index in [1.807, 2.05) is 12.1 Å². The van der Waals surface area contributed by atoms with Gasteiger partial charge in [-0.2, -0.15) is 0 Å². The molecule has 0 aliphatic heterocycles. The molecule has 0 saturated heterocycles. The Kier molecular flexibility index (Phi) is 3.32. The van der Waals surface area contributed by atoms with E-state index in [2.05, 4.69) is 34.2 Å². The lowest BCUT2D eigenvalue weighted by molar-refractivity contribution is 0.172. The molecule has 1 aliphatic carbocycles. The minimum atomic E-state index is -0.197. The summed E-state index contributed by atoms with van der Waals surface area (Å²) in [4.78, 5) is 0. The van der Waals surface area contributed by atoms with Crippen molar-refractivity contribution in [1.29, 1.82) is 0 Å². The molecule has 1 saturated carbocycles. The fourth-order valence-electron chi connectivity index (χ4n) is 2.07. The highest BCUT2D eigenvalue weighted by atomic mass is 79.9. The van der Waals surface area contributed by atoms with Crippen LogP contribution in [0.15, 0.2) is 22.7 Å². The Labute approximate surface area is 98.8 Å². The first-order valence-corrected chi connectivity index (χ1v) is 6.17. The van der Waals surface area contributed by atoms with Crippen LogP contribution in [0.25, 0.3) is 0 Å². The molecular formula is C12H16BrNO. The van der Waals surface area contributed by atoms with E-state index in [9.17, 15) is 5.11 Å². The van der Waals surface area contributed by atoms with E-state index < -0.39 is 0 Å². The van der Waals surface area contributed by atoms with Crippen LogP contribution < -0.4 is 5.32 Å². The molecule has 3 heteroatoms. The molecule has 0 amide bonds. The van der Waals surface area contributed by atoms with Gasteiger partial charge in [-0.3, -0.25) is 0 Å². The Hall–Kier alpha value is -0.540. The maximum atomic E-state index is 9.73. The number of benzene rings is 1. The summed E-state index contributed by atoms with van der Waals surface area (Å²) in [5.41, 5.74) is 2.30. The Morgan fingerprint density at radius 1 is 1.40 bits per heavy atom. The average molecular weight is 270 g/mol. The lowest BCUT2D eigenvalue weighted by atomic mass is 10.1. The molecule has 82 valence electrons. The molecule has 0 radical (unpaired) electrons. The third-order valence-electron chi connectivity index (χ3n) is 3.01. The first kappa shape index (κ1) is 11.0. The highest BCUT2D eigenvalue weighted by Gasteiger charge is 2.25. The number of hydrogen-bond acceptors (Lipinski definition) is 2. The molecule has 1 aliphatic rings. The topological polar surface area (TPSA) is 32.3 Å². The molecule has 2 rings (SSSR count). The molecule has 0 bridgehead atoms. The summed E-state index contributed by atoms with van der Waals surface area (Å²) >= 11 is 3.56. The van der Waals surface area contributed by atoms with Gasteiger partial charge in [-0.1, -0.05) is 12.1 Å². The summed E-state index contributed by atoms with van der Waals surface area (Å²) in [5, 5.41) is 13.1. The SMILES string of the molecule is Cc1cccc(NC2CCCC2O)c1Br. The van der Waals surface area contributed by atoms with Gasteiger partial charge in [0.05, 0.1) is 12.1 Å². The van der Waals surface area contributed by atoms with E-state index >= 15 is 0 Å². The zero-order valence-electron chi connectivity index (χ0n) is 8.83. The Morgan fingerprint density at radius 3 is 2.87 bits per heavy atom. The normalized spacial score (nSPS) is 25.5. The van der Waals surface area contributed by atoms with Gasteiger partial charge in [-0.25, -0.2) is 0 Å². The van der Waals surface area contributed by atoms with Crippen molar-refractivity contribution in [3.8, 4) is 0 Å². The van der Waals surface area contributed by atoms with E-state index in [1.165, 1.54) is 5.56 Å². The number of aryl methyl sites for hydroxylation is 1. The van der Waals surface area contributed by atoms with Crippen molar-refractivity contribution < 1.29 is 5.11 Å². The van der Waals surface area contributed by atoms with Crippen molar-refractivity contribution in [2.75, 3.05) is 5.32 Å². The monoisotopic (exact) mass is 269 g/mol. The summed E-state index contributed by atoms with van der Waals surface area (Å²) in [6.45, 7) is 2.07. The van der Waals surface area contributed by atoms with Gasteiger partial charge in [-0.05, 0) is 53.7 Å². The van der Waals surface area contributed by atoms with Crippen molar-refractivity contribution in [1.82, 2.24) is 0 Å². The molecule has 1 aromatic rings. The van der Waals surface area contributed by atoms with Crippen LogP contribution in [0, 0.1) is 6.92 Å². The van der Waals surface area contributed by atoms with Crippen LogP contribution in [-0.4, -0.2) is 17.3 Å². The lowest BCUT2D eigenvalue weighted by Gasteiger charge is -2.19. The largest absolute Gasteiger partial charge is 0.391 e. The standard InChI is InChI=1S/C12H16BrNO/c1-8-4-2-6-10(12(8)13)14-9-5-3-7-11(9)15/h2,4,6,9,11,14-15H,3,5,7H2,1H3. The molecule has 15 heavy (non-hydrogen) atoms. The first-order chi connectivity index (χ1) is 7.18. The predicted molar refractivity (Wildman–Crippen MR) is 66.1 cm³/mol. The zero-order chi connectivity index (χ0) is 10.8. The van der Waals surface area contributed by atoms with Crippen LogP contribution in [0.4, 0.5) is 5.69 Å². The van der Waals surface area contributed by atoms with Gasteiger partial charge in [0, 0.05) is 10.2 Å². The van der Waals surface area contributed by atoms with Gasteiger partial charge >= 0.3 is 0 Å². The molecule has 1 fully saturated rings. The van der Waals surface area contributed by atoms with Gasteiger partial charge in [0.15, 0.2) is 0 Å². The Balaban J connectivity index is 2.13. The number of anilines is 1. The predicted octanol–water partition coefficient (Wildman–Crippen LogP) is 3.08. The fraction of sp³-hybridized carbons (Fsp3) is 0.500. The van der Waals surface area contributed by atoms with Gasteiger partial charge in [0.25, 0.3) is 0 Å². The van der Waals surface area contributed by atoms with E-state index in [0.29, 0.717) is 0 Å². The molecule has 2 nitrogen and oxygen atoms in total. The number of aliphatic hydroxyl groups excluding tert-OH is 1. The second-order valence-electron chi connectivity index (χ2n) is 4.19. The molecule has 0 aromatic heterocycles. The smallest absolute Gasteiger partial charge is 0.0741 e. The molecule has 2 atom stereocenters. The number of nitrogens with one attached hydrogen (secondary N) is 1. The summed E-state index contributed by atoms with van der Waals surface area (Å²) in [6.07, 6.45) is 2.89. The van der Waals surface area contributed by atoms with Crippen LogP contribution in [0.3, 0.4) is 0 Å². The Morgan fingerprint density at radius 2 is 2.20 bits per heavy atom. The minimum Gasteiger partial charge on any atom is -0.391 e. The molecule has 1 aromatic carbocycles. The van der Waals surface area contributed by atoms with Crippen LogP contribution in [0.2, 0.25) is 0 Å². The maximum Gasteiger partial charge on any atom is 0.0741 e. The van der Waals surface area contributed by atoms with Crippen molar-refractivity contribution in [3.05, 3.63) is 28.2 Å². The van der Waals surface area contributed by atoms with E-state index in [0.717, 1.165) is 29.4 Å². The molecule has 2 unspecified atom stereocenters. The molecule has 0 spiro atoms. The minimum absolute atomic E-state index is 0.197. The molecular weight excluding hydrogens is 254 g/mol. The van der Waals surface area contributed by atoms with Crippen molar-refractivity contribution in [2.24, 2.45) is 0 Å². The summed E-state index contributed by atoms with van der Waals surface area (Å²) in [6, 6.07) is 6.36. The van der Waals surface area contributed by atoms with E-state index in [1.54, 1.807) is 0 Å². The van der Waals surface area contributed by atoms with Crippen LogP contribution in [0.1, 0.15) is 24.8 Å². The summed E-state index contributed by atoms with van der Waals surface area (Å²) in [7, 11) is 0. The lowest BCUT2D eigenvalue weighted by Crippen LogP contribution is -2.28. The number of hydrogen-bond donors (Lipinski definition) is 2. The fourth-order valence-corrected chi connectivity index (χ4v) is 2.45. The number of halogens is 1. The quantitative estimate of drug-likeness (QED) is 0.865. The van der Waals surface area contributed by atoms with Crippen LogP contribution >= 0.6 is 15.9 Å². The summed E-state index contributed by atoms with van der Waals surface area (Å²) < 4.78 is 1.10. The van der Waals surface area contributed by atoms with Gasteiger partial charge in [0.2, 0.25) is 0 Å². The van der Waals surface area contributed by atoms with Crippen molar-refractivity contribution in [2.45, 2.75) is 38.3 Å². The summed E-state index contributed by atoms with van der Waals surface area (Å²) in [5.74, 6) is 0. The van der Waals surface area contributed by atoms with Gasteiger partial charge in [0.1, 0.15) is 0 Å². The van der Waals surface area contributed by atoms with Crippen molar-refractivity contribution in [3.63, 3.8) is 0 Å². The van der Waals surface area contributed by atoms with Gasteiger partial charge < -0.3 is 10.4 Å². The molecule has 2 N–H and O–H groups in total. The highest BCUT2D eigenvalue weighted by Crippen LogP contribution is 2.29. The first-order valence-electron chi connectivity index (χ1n) is 5.38. The second kappa shape index (κ2) is 4.54. The maximum absolute atomic E-state index is 9.73. The number of rotatable bonds is 2. The third kappa shape index (κ3) is 2.34.